The maximum atomic E-state index is 11.4. The van der Waals surface area contributed by atoms with Crippen molar-refractivity contribution in [1.29, 1.82) is 0 Å². The van der Waals surface area contributed by atoms with Crippen molar-refractivity contribution in [2.75, 3.05) is 0 Å². The van der Waals surface area contributed by atoms with Crippen LogP contribution in [0.2, 0.25) is 0 Å². The zero-order valence-electron chi connectivity index (χ0n) is 10.6. The molecule has 0 spiro atoms. The topological polar surface area (TPSA) is 52.3 Å². The van der Waals surface area contributed by atoms with E-state index < -0.39 is 0 Å². The van der Waals surface area contributed by atoms with E-state index in [0.29, 0.717) is 17.3 Å². The summed E-state index contributed by atoms with van der Waals surface area (Å²) in [5.74, 6) is 0.914. The monoisotopic (exact) mass is 265 g/mol. The third-order valence-corrected chi connectivity index (χ3v) is 3.31. The number of hydrogen-bond acceptors (Lipinski definition) is 5. The Morgan fingerprint density at radius 1 is 1.56 bits per heavy atom. The highest BCUT2D eigenvalue weighted by molar-refractivity contribution is 7.13. The minimum atomic E-state index is -0.227. The summed E-state index contributed by atoms with van der Waals surface area (Å²) in [6.45, 7) is 5.59. The predicted molar refractivity (Wildman–Crippen MR) is 69.2 cm³/mol. The lowest BCUT2D eigenvalue weighted by Crippen LogP contribution is -2.11. The molecule has 2 rings (SSSR count). The van der Waals surface area contributed by atoms with Crippen LogP contribution in [0.5, 0.6) is 0 Å². The Labute approximate surface area is 110 Å². The zero-order valence-corrected chi connectivity index (χ0v) is 11.4. The van der Waals surface area contributed by atoms with Gasteiger partial charge in [0.1, 0.15) is 18.1 Å². The van der Waals surface area contributed by atoms with E-state index in [9.17, 15) is 4.79 Å². The Balaban J connectivity index is 2.08. The van der Waals surface area contributed by atoms with Crippen LogP contribution in [0.4, 0.5) is 0 Å². The van der Waals surface area contributed by atoms with Crippen LogP contribution >= 0.6 is 11.3 Å². The van der Waals surface area contributed by atoms with Crippen LogP contribution in [0.1, 0.15) is 25.3 Å². The molecular weight excluding hydrogens is 250 g/mol. The first kappa shape index (κ1) is 12.8. The molecule has 0 unspecified atom stereocenters. The summed E-state index contributed by atoms with van der Waals surface area (Å²) < 4.78 is 10.7. The number of carbonyl (C=O) groups is 1. The standard InChI is InChI=1S/C13H15NO3S/c1-8(2)13(15)16-7-10-9(3)17-12(14-10)11-5-4-6-18-11/h4-6,8H,7H2,1-3H3. The summed E-state index contributed by atoms with van der Waals surface area (Å²) in [4.78, 5) is 16.7. The Morgan fingerprint density at radius 2 is 2.33 bits per heavy atom. The van der Waals surface area contributed by atoms with E-state index in [1.165, 1.54) is 0 Å². The number of hydrogen-bond donors (Lipinski definition) is 0. The highest BCUT2D eigenvalue weighted by Crippen LogP contribution is 2.26. The first-order valence-electron chi connectivity index (χ1n) is 5.74. The molecule has 0 radical (unpaired) electrons. The number of carbonyl (C=O) groups excluding carboxylic acids is 1. The molecule has 0 aliphatic rings. The Kier molecular flexibility index (Phi) is 3.81. The molecular formula is C13H15NO3S. The van der Waals surface area contributed by atoms with E-state index in [2.05, 4.69) is 4.98 Å². The fourth-order valence-electron chi connectivity index (χ4n) is 1.37. The lowest BCUT2D eigenvalue weighted by Gasteiger charge is -2.04. The molecule has 0 amide bonds. The average molecular weight is 265 g/mol. The summed E-state index contributed by atoms with van der Waals surface area (Å²) >= 11 is 1.56. The van der Waals surface area contributed by atoms with Crippen LogP contribution in [0.15, 0.2) is 21.9 Å². The number of esters is 1. The number of oxazole rings is 1. The molecule has 2 aromatic heterocycles. The van der Waals surface area contributed by atoms with Crippen LogP contribution in [-0.2, 0) is 16.1 Å². The minimum absolute atomic E-state index is 0.131. The van der Waals surface area contributed by atoms with Gasteiger partial charge in [0, 0.05) is 0 Å². The maximum Gasteiger partial charge on any atom is 0.308 e. The van der Waals surface area contributed by atoms with Crippen LogP contribution in [0, 0.1) is 12.8 Å². The summed E-state index contributed by atoms with van der Waals surface area (Å²) in [6.07, 6.45) is 0. The second-order valence-corrected chi connectivity index (χ2v) is 5.21. The van der Waals surface area contributed by atoms with Crippen molar-refractivity contribution in [3.05, 3.63) is 29.0 Å². The number of ether oxygens (including phenoxy) is 1. The van der Waals surface area contributed by atoms with Crippen LogP contribution in [0.3, 0.4) is 0 Å². The minimum Gasteiger partial charge on any atom is -0.459 e. The van der Waals surface area contributed by atoms with Crippen LogP contribution in [0.25, 0.3) is 10.8 Å². The van der Waals surface area contributed by atoms with Crippen molar-refractivity contribution >= 4 is 17.3 Å². The summed E-state index contributed by atoms with van der Waals surface area (Å²) in [5, 5.41) is 1.97. The van der Waals surface area contributed by atoms with Gasteiger partial charge >= 0.3 is 5.97 Å². The number of aryl methyl sites for hydroxylation is 1. The number of rotatable bonds is 4. The third kappa shape index (κ3) is 2.79. The Bertz CT molecular complexity index is 528. The van der Waals surface area contributed by atoms with Crippen molar-refractivity contribution in [3.8, 4) is 10.8 Å². The highest BCUT2D eigenvalue weighted by atomic mass is 32.1. The number of aromatic nitrogens is 1. The fraction of sp³-hybridized carbons (Fsp3) is 0.385. The molecule has 0 aromatic carbocycles. The molecule has 0 atom stereocenters. The van der Waals surface area contributed by atoms with E-state index in [1.807, 2.05) is 24.4 Å². The van der Waals surface area contributed by atoms with Gasteiger partial charge in [0.2, 0.25) is 5.89 Å². The molecule has 0 N–H and O–H groups in total. The van der Waals surface area contributed by atoms with E-state index >= 15 is 0 Å². The summed E-state index contributed by atoms with van der Waals surface area (Å²) in [5.41, 5.74) is 0.674. The van der Waals surface area contributed by atoms with Crippen LogP contribution in [-0.4, -0.2) is 11.0 Å². The van der Waals surface area contributed by atoms with Crippen molar-refractivity contribution in [2.24, 2.45) is 5.92 Å². The molecule has 0 saturated carbocycles. The molecule has 0 saturated heterocycles. The van der Waals surface area contributed by atoms with Gasteiger partial charge in [-0.2, -0.15) is 0 Å². The molecule has 0 bridgehead atoms. The summed E-state index contributed by atoms with van der Waals surface area (Å²) in [6, 6.07) is 3.89. The van der Waals surface area contributed by atoms with Crippen LogP contribution < -0.4 is 0 Å². The van der Waals surface area contributed by atoms with E-state index in [4.69, 9.17) is 9.15 Å². The van der Waals surface area contributed by atoms with Gasteiger partial charge in [-0.15, -0.1) is 11.3 Å². The van der Waals surface area contributed by atoms with Gasteiger partial charge in [0.25, 0.3) is 0 Å². The van der Waals surface area contributed by atoms with Crippen molar-refractivity contribution in [1.82, 2.24) is 4.98 Å². The molecule has 18 heavy (non-hydrogen) atoms. The predicted octanol–water partition coefficient (Wildman–Crippen LogP) is 3.41. The zero-order chi connectivity index (χ0) is 13.1. The molecule has 96 valence electrons. The van der Waals surface area contributed by atoms with Crippen molar-refractivity contribution in [3.63, 3.8) is 0 Å². The molecule has 2 heterocycles. The molecule has 0 fully saturated rings. The fourth-order valence-corrected chi connectivity index (χ4v) is 2.02. The van der Waals surface area contributed by atoms with Crippen molar-refractivity contribution in [2.45, 2.75) is 27.4 Å². The second-order valence-electron chi connectivity index (χ2n) is 4.26. The lowest BCUT2D eigenvalue weighted by molar-refractivity contribution is -0.148. The van der Waals surface area contributed by atoms with E-state index in [-0.39, 0.29) is 18.5 Å². The maximum absolute atomic E-state index is 11.4. The Morgan fingerprint density at radius 3 is 2.94 bits per heavy atom. The van der Waals surface area contributed by atoms with Gasteiger partial charge in [-0.1, -0.05) is 19.9 Å². The molecule has 0 aliphatic carbocycles. The van der Waals surface area contributed by atoms with Gasteiger partial charge in [-0.25, -0.2) is 4.98 Å². The second kappa shape index (κ2) is 5.35. The number of nitrogens with zero attached hydrogens (tertiary/aromatic N) is 1. The van der Waals surface area contributed by atoms with Gasteiger partial charge in [0.15, 0.2) is 0 Å². The van der Waals surface area contributed by atoms with E-state index in [0.717, 1.165) is 4.88 Å². The first-order chi connectivity index (χ1) is 8.58. The normalized spacial score (nSPS) is 10.9. The summed E-state index contributed by atoms with van der Waals surface area (Å²) in [7, 11) is 0. The van der Waals surface area contributed by atoms with E-state index in [1.54, 1.807) is 25.2 Å². The van der Waals surface area contributed by atoms with Gasteiger partial charge in [0.05, 0.1) is 10.8 Å². The van der Waals surface area contributed by atoms with Gasteiger partial charge < -0.3 is 9.15 Å². The Hall–Kier alpha value is -1.62. The van der Waals surface area contributed by atoms with Gasteiger partial charge in [-0.3, -0.25) is 4.79 Å². The third-order valence-electron chi connectivity index (χ3n) is 2.45. The quantitative estimate of drug-likeness (QED) is 0.795. The molecule has 0 aliphatic heterocycles. The average Bonchev–Trinajstić information content (AvgIpc) is 2.94. The molecule has 2 aromatic rings. The SMILES string of the molecule is Cc1oc(-c2cccs2)nc1COC(=O)C(C)C. The van der Waals surface area contributed by atoms with Gasteiger partial charge in [-0.05, 0) is 18.4 Å². The highest BCUT2D eigenvalue weighted by Gasteiger charge is 2.15. The first-order valence-corrected chi connectivity index (χ1v) is 6.62. The lowest BCUT2D eigenvalue weighted by atomic mass is 10.2. The largest absolute Gasteiger partial charge is 0.459 e. The smallest absolute Gasteiger partial charge is 0.308 e. The molecule has 5 heteroatoms. The molecule has 4 nitrogen and oxygen atoms in total. The van der Waals surface area contributed by atoms with Crippen molar-refractivity contribution < 1.29 is 13.9 Å². The number of thiophene rings is 1.